The molecule has 0 aliphatic carbocycles. The Morgan fingerprint density at radius 3 is 1.81 bits per heavy atom. The first-order chi connectivity index (χ1) is 13.0. The average Bonchev–Trinajstić information content (AvgIpc) is 2.68. The van der Waals surface area contributed by atoms with E-state index in [0.29, 0.717) is 40.7 Å². The Balaban J connectivity index is 2.25. The van der Waals surface area contributed by atoms with E-state index < -0.39 is 6.10 Å². The second kappa shape index (κ2) is 9.23. The highest BCUT2D eigenvalue weighted by Gasteiger charge is 2.19. The Hall–Kier alpha value is -2.80. The molecule has 0 amide bonds. The summed E-state index contributed by atoms with van der Waals surface area (Å²) >= 11 is 0. The van der Waals surface area contributed by atoms with Crippen LogP contribution < -0.4 is 23.7 Å². The van der Waals surface area contributed by atoms with Gasteiger partial charge < -0.3 is 33.9 Å². The Morgan fingerprint density at radius 2 is 1.33 bits per heavy atom. The molecule has 0 saturated carbocycles. The lowest BCUT2D eigenvalue weighted by molar-refractivity contribution is 0.172. The van der Waals surface area contributed by atoms with Gasteiger partial charge in [0, 0.05) is 24.1 Å². The van der Waals surface area contributed by atoms with E-state index in [1.807, 2.05) is 0 Å². The van der Waals surface area contributed by atoms with Gasteiger partial charge in [-0.15, -0.1) is 0 Å². The monoisotopic (exact) mass is 378 g/mol. The number of phenolic OH excluding ortho intramolecular Hbond substituents is 1. The van der Waals surface area contributed by atoms with E-state index in [-0.39, 0.29) is 12.2 Å². The summed E-state index contributed by atoms with van der Waals surface area (Å²) in [6.07, 6.45) is -0.234. The molecule has 2 aromatic carbocycles. The predicted octanol–water partition coefficient (Wildman–Crippen LogP) is 2.58. The van der Waals surface area contributed by atoms with Crippen LogP contribution in [0.1, 0.15) is 11.1 Å². The van der Waals surface area contributed by atoms with Crippen molar-refractivity contribution in [3.63, 3.8) is 0 Å². The second-order valence-corrected chi connectivity index (χ2v) is 5.92. The van der Waals surface area contributed by atoms with E-state index in [4.69, 9.17) is 23.7 Å². The highest BCUT2D eigenvalue weighted by Crippen LogP contribution is 2.39. The van der Waals surface area contributed by atoms with Crippen LogP contribution in [-0.2, 0) is 12.8 Å². The van der Waals surface area contributed by atoms with Crippen LogP contribution >= 0.6 is 0 Å². The summed E-state index contributed by atoms with van der Waals surface area (Å²) in [4.78, 5) is 0. The molecule has 0 bridgehead atoms. The van der Waals surface area contributed by atoms with Gasteiger partial charge in [0.15, 0.2) is 11.5 Å². The third kappa shape index (κ3) is 4.68. The molecule has 2 aromatic rings. The molecular weight excluding hydrogens is 352 g/mol. The molecule has 2 rings (SSSR count). The summed E-state index contributed by atoms with van der Waals surface area (Å²) in [6, 6.07) is 6.73. The van der Waals surface area contributed by atoms with Crippen molar-refractivity contribution < 1.29 is 33.9 Å². The van der Waals surface area contributed by atoms with E-state index in [1.54, 1.807) is 18.2 Å². The van der Waals surface area contributed by atoms with E-state index in [2.05, 4.69) is 0 Å². The lowest BCUT2D eigenvalue weighted by Crippen LogP contribution is -2.15. The number of aliphatic hydroxyl groups is 1. The molecule has 0 radical (unpaired) electrons. The molecule has 0 aliphatic heterocycles. The van der Waals surface area contributed by atoms with Crippen molar-refractivity contribution in [2.24, 2.45) is 0 Å². The van der Waals surface area contributed by atoms with Crippen molar-refractivity contribution >= 4 is 0 Å². The van der Waals surface area contributed by atoms with Crippen LogP contribution in [0.4, 0.5) is 0 Å². The fraction of sp³-hybridized carbons (Fsp3) is 0.400. The highest BCUT2D eigenvalue weighted by atomic mass is 16.5. The first kappa shape index (κ1) is 20.5. The van der Waals surface area contributed by atoms with Gasteiger partial charge in [0.05, 0.1) is 41.7 Å². The fourth-order valence-corrected chi connectivity index (χ4v) is 2.94. The maximum atomic E-state index is 10.6. The van der Waals surface area contributed by atoms with Crippen molar-refractivity contribution in [2.75, 3.05) is 35.5 Å². The second-order valence-electron chi connectivity index (χ2n) is 5.92. The van der Waals surface area contributed by atoms with Crippen LogP contribution in [0.15, 0.2) is 24.3 Å². The Labute approximate surface area is 159 Å². The normalized spacial score (nSPS) is 11.6. The summed E-state index contributed by atoms with van der Waals surface area (Å²) in [5.74, 6) is 2.47. The van der Waals surface area contributed by atoms with Crippen LogP contribution in [0.5, 0.6) is 34.5 Å². The highest BCUT2D eigenvalue weighted by molar-refractivity contribution is 5.54. The van der Waals surface area contributed by atoms with Gasteiger partial charge in [-0.05, 0) is 24.1 Å². The van der Waals surface area contributed by atoms with E-state index in [0.717, 1.165) is 5.56 Å². The van der Waals surface area contributed by atoms with E-state index in [9.17, 15) is 10.2 Å². The standard InChI is InChI=1S/C20H26O7/c1-23-14-10-16(22)15(17(11-14)24-2)9-13(21)6-12-7-18(25-3)20(27-5)19(8-12)26-4/h7-8,10-11,13,21-22H,6,9H2,1-5H3/t13-/m0/s1. The Bertz CT molecular complexity index is 748. The van der Waals surface area contributed by atoms with Crippen LogP contribution in [0.3, 0.4) is 0 Å². The SMILES string of the molecule is COc1cc(O)c(C[C@@H](O)Cc2cc(OC)c(OC)c(OC)c2)c(OC)c1. The van der Waals surface area contributed by atoms with Crippen LogP contribution in [0.2, 0.25) is 0 Å². The minimum Gasteiger partial charge on any atom is -0.507 e. The zero-order chi connectivity index (χ0) is 20.0. The van der Waals surface area contributed by atoms with Crippen LogP contribution in [0.25, 0.3) is 0 Å². The quantitative estimate of drug-likeness (QED) is 0.693. The smallest absolute Gasteiger partial charge is 0.203 e. The predicted molar refractivity (Wildman–Crippen MR) is 101 cm³/mol. The van der Waals surface area contributed by atoms with Gasteiger partial charge in [0.1, 0.15) is 17.2 Å². The molecule has 2 N–H and O–H groups in total. The zero-order valence-electron chi connectivity index (χ0n) is 16.2. The number of ether oxygens (including phenoxy) is 5. The molecular formula is C20H26O7. The van der Waals surface area contributed by atoms with Crippen molar-refractivity contribution in [3.8, 4) is 34.5 Å². The number of hydrogen-bond acceptors (Lipinski definition) is 7. The number of hydrogen-bond donors (Lipinski definition) is 2. The molecule has 0 aliphatic rings. The molecule has 0 saturated heterocycles. The van der Waals surface area contributed by atoms with Crippen LogP contribution in [0, 0.1) is 0 Å². The molecule has 1 atom stereocenters. The van der Waals surface area contributed by atoms with Crippen molar-refractivity contribution in [3.05, 3.63) is 35.4 Å². The maximum absolute atomic E-state index is 10.6. The van der Waals surface area contributed by atoms with Crippen molar-refractivity contribution in [1.82, 2.24) is 0 Å². The first-order valence-electron chi connectivity index (χ1n) is 8.38. The van der Waals surface area contributed by atoms with E-state index >= 15 is 0 Å². The minimum atomic E-state index is -0.763. The maximum Gasteiger partial charge on any atom is 0.203 e. The molecule has 0 heterocycles. The number of aliphatic hydroxyl groups excluding tert-OH is 1. The molecule has 27 heavy (non-hydrogen) atoms. The molecule has 0 unspecified atom stereocenters. The zero-order valence-corrected chi connectivity index (χ0v) is 16.2. The number of benzene rings is 2. The molecule has 7 nitrogen and oxygen atoms in total. The van der Waals surface area contributed by atoms with Gasteiger partial charge in [0.25, 0.3) is 0 Å². The van der Waals surface area contributed by atoms with Crippen molar-refractivity contribution in [1.29, 1.82) is 0 Å². The number of phenols is 1. The topological polar surface area (TPSA) is 86.6 Å². The summed E-state index contributed by atoms with van der Waals surface area (Å²) in [7, 11) is 7.62. The molecule has 0 spiro atoms. The first-order valence-corrected chi connectivity index (χ1v) is 8.38. The summed E-state index contributed by atoms with van der Waals surface area (Å²) in [5, 5.41) is 20.8. The lowest BCUT2D eigenvalue weighted by atomic mass is 9.99. The largest absolute Gasteiger partial charge is 0.507 e. The number of methoxy groups -OCH3 is 5. The summed E-state index contributed by atoms with van der Waals surface area (Å²) in [6.45, 7) is 0. The fourth-order valence-electron chi connectivity index (χ4n) is 2.94. The number of aromatic hydroxyl groups is 1. The van der Waals surface area contributed by atoms with E-state index in [1.165, 1.54) is 41.6 Å². The average molecular weight is 378 g/mol. The molecule has 0 aromatic heterocycles. The van der Waals surface area contributed by atoms with Gasteiger partial charge >= 0.3 is 0 Å². The summed E-state index contributed by atoms with van der Waals surface area (Å²) < 4.78 is 26.4. The molecule has 148 valence electrons. The third-order valence-electron chi connectivity index (χ3n) is 4.25. The third-order valence-corrected chi connectivity index (χ3v) is 4.25. The van der Waals surface area contributed by atoms with Gasteiger partial charge in [-0.2, -0.15) is 0 Å². The van der Waals surface area contributed by atoms with Gasteiger partial charge in [-0.25, -0.2) is 0 Å². The number of rotatable bonds is 9. The molecule has 7 heteroatoms. The van der Waals surface area contributed by atoms with Gasteiger partial charge in [-0.1, -0.05) is 0 Å². The Kier molecular flexibility index (Phi) is 7.01. The van der Waals surface area contributed by atoms with Crippen LogP contribution in [-0.4, -0.2) is 51.9 Å². The minimum absolute atomic E-state index is 0.00939. The van der Waals surface area contributed by atoms with Crippen molar-refractivity contribution in [2.45, 2.75) is 18.9 Å². The van der Waals surface area contributed by atoms with Gasteiger partial charge in [-0.3, -0.25) is 0 Å². The summed E-state index contributed by atoms with van der Waals surface area (Å²) in [5.41, 5.74) is 1.32. The molecule has 0 fully saturated rings. The van der Waals surface area contributed by atoms with Gasteiger partial charge in [0.2, 0.25) is 5.75 Å². The lowest BCUT2D eigenvalue weighted by Gasteiger charge is -2.18. The Morgan fingerprint density at radius 1 is 0.741 bits per heavy atom.